The van der Waals surface area contributed by atoms with Crippen LogP contribution in [0.15, 0.2) is 29.3 Å². The first-order valence-corrected chi connectivity index (χ1v) is 10.6. The average molecular weight is 411 g/mol. The minimum atomic E-state index is -0.835. The molecule has 4 saturated carbocycles. The van der Waals surface area contributed by atoms with Gasteiger partial charge in [-0.05, 0) is 75.8 Å². The smallest absolute Gasteiger partial charge is 0.223 e. The summed E-state index contributed by atoms with van der Waals surface area (Å²) in [6.45, 7) is 3.80. The number of nitrogens with two attached hydrogens (primary N) is 1. The van der Waals surface area contributed by atoms with Crippen molar-refractivity contribution in [2.45, 2.75) is 57.6 Å². The van der Waals surface area contributed by atoms with Crippen molar-refractivity contribution in [1.29, 1.82) is 5.26 Å². The number of carbonyl (C=O) groups is 1. The van der Waals surface area contributed by atoms with Crippen LogP contribution in [0.3, 0.4) is 0 Å². The molecule has 2 unspecified atom stereocenters. The zero-order valence-electron chi connectivity index (χ0n) is 17.9. The number of benzene rings is 1. The molecule has 0 spiro atoms. The van der Waals surface area contributed by atoms with Crippen LogP contribution in [0.4, 0.5) is 0 Å². The lowest BCUT2D eigenvalue weighted by molar-refractivity contribution is -0.144. The fraction of sp³-hybridized carbons (Fsp3) is 0.609. The van der Waals surface area contributed by atoms with Gasteiger partial charge in [-0.3, -0.25) is 15.1 Å². The molecule has 4 bridgehead atoms. The highest BCUT2D eigenvalue weighted by Crippen LogP contribution is 2.60. The standard InChI is InChI=1S/C23H30N4O3/c1-22(2,30-18-6-4-5-17(9-18)29-3)21(26-13-24)27-19-15-7-14-8-16(19)12-23(10-14,11-15)20(25)28/h4-6,9,14-16,19H,7-8,10-12H2,1-3H3,(H2,25,28)(H,26,27). The molecule has 0 heterocycles. The molecule has 0 aromatic heterocycles. The number of aliphatic imine (C=N–C) groups is 1. The highest BCUT2D eigenvalue weighted by atomic mass is 16.5. The molecule has 30 heavy (non-hydrogen) atoms. The lowest BCUT2D eigenvalue weighted by Gasteiger charge is -2.57. The van der Waals surface area contributed by atoms with Crippen molar-refractivity contribution in [2.75, 3.05) is 7.11 Å². The fourth-order valence-electron chi connectivity index (χ4n) is 6.06. The van der Waals surface area contributed by atoms with Crippen molar-refractivity contribution in [3.8, 4) is 17.7 Å². The Hall–Kier alpha value is -2.75. The highest BCUT2D eigenvalue weighted by molar-refractivity contribution is 5.91. The van der Waals surface area contributed by atoms with E-state index in [9.17, 15) is 10.1 Å². The maximum absolute atomic E-state index is 12.2. The van der Waals surface area contributed by atoms with Crippen molar-refractivity contribution in [2.24, 2.45) is 33.9 Å². The zero-order valence-corrected chi connectivity index (χ0v) is 17.9. The molecule has 4 fully saturated rings. The normalized spacial score (nSPS) is 32.4. The van der Waals surface area contributed by atoms with Crippen LogP contribution in [-0.4, -0.2) is 30.5 Å². The van der Waals surface area contributed by atoms with Crippen molar-refractivity contribution in [3.05, 3.63) is 24.3 Å². The molecule has 7 heteroatoms. The van der Waals surface area contributed by atoms with Crippen molar-refractivity contribution in [1.82, 2.24) is 5.32 Å². The van der Waals surface area contributed by atoms with Gasteiger partial charge in [0.1, 0.15) is 11.5 Å². The van der Waals surface area contributed by atoms with Crippen LogP contribution in [0, 0.1) is 34.6 Å². The van der Waals surface area contributed by atoms with E-state index in [1.165, 1.54) is 0 Å². The van der Waals surface area contributed by atoms with Gasteiger partial charge in [0.15, 0.2) is 17.6 Å². The molecule has 1 aromatic carbocycles. The van der Waals surface area contributed by atoms with E-state index in [0.717, 1.165) is 32.1 Å². The molecule has 4 aliphatic rings. The van der Waals surface area contributed by atoms with E-state index >= 15 is 0 Å². The molecule has 160 valence electrons. The quantitative estimate of drug-likeness (QED) is 0.324. The van der Waals surface area contributed by atoms with Crippen LogP contribution in [0.2, 0.25) is 0 Å². The van der Waals surface area contributed by atoms with Crippen molar-refractivity contribution < 1.29 is 14.3 Å². The van der Waals surface area contributed by atoms with E-state index in [1.54, 1.807) is 7.11 Å². The van der Waals surface area contributed by atoms with Crippen molar-refractivity contribution in [3.63, 3.8) is 0 Å². The highest BCUT2D eigenvalue weighted by Gasteiger charge is 2.58. The van der Waals surface area contributed by atoms with Crippen LogP contribution >= 0.6 is 0 Å². The topological polar surface area (TPSA) is 110 Å². The molecule has 0 aliphatic heterocycles. The Bertz CT molecular complexity index is 888. The van der Waals surface area contributed by atoms with E-state index in [0.29, 0.717) is 35.1 Å². The van der Waals surface area contributed by atoms with Gasteiger partial charge >= 0.3 is 0 Å². The van der Waals surface area contributed by atoms with Gasteiger partial charge in [-0.15, -0.1) is 0 Å². The number of methoxy groups -OCH3 is 1. The molecular weight excluding hydrogens is 380 g/mol. The largest absolute Gasteiger partial charge is 0.497 e. The molecule has 3 N–H and O–H groups in total. The first kappa shape index (κ1) is 20.5. The number of amidine groups is 1. The molecule has 0 radical (unpaired) electrons. The molecule has 4 aliphatic carbocycles. The number of ether oxygens (including phenoxy) is 2. The number of hydrogen-bond donors (Lipinski definition) is 2. The van der Waals surface area contributed by atoms with Crippen molar-refractivity contribution >= 4 is 11.7 Å². The van der Waals surface area contributed by atoms with Gasteiger partial charge in [0.05, 0.1) is 13.2 Å². The van der Waals surface area contributed by atoms with E-state index in [4.69, 9.17) is 20.2 Å². The lowest BCUT2D eigenvalue weighted by Crippen LogP contribution is -2.58. The molecule has 1 aromatic rings. The molecular formula is C23H30N4O3. The van der Waals surface area contributed by atoms with E-state index in [1.807, 2.05) is 44.3 Å². The van der Waals surface area contributed by atoms with Gasteiger partial charge in [-0.25, -0.2) is 0 Å². The summed E-state index contributed by atoms with van der Waals surface area (Å²) >= 11 is 0. The average Bonchev–Trinajstić information content (AvgIpc) is 2.69. The third-order valence-corrected chi connectivity index (χ3v) is 7.18. The fourth-order valence-corrected chi connectivity index (χ4v) is 6.06. The second-order valence-electron chi connectivity index (χ2n) is 9.61. The summed E-state index contributed by atoms with van der Waals surface area (Å²) in [6, 6.07) is 7.46. The van der Waals surface area contributed by atoms with E-state index in [-0.39, 0.29) is 17.4 Å². The number of rotatable bonds is 6. The molecule has 0 saturated heterocycles. The number of hydrogen-bond acceptors (Lipinski definition) is 5. The monoisotopic (exact) mass is 410 g/mol. The predicted molar refractivity (Wildman–Crippen MR) is 113 cm³/mol. The summed E-state index contributed by atoms with van der Waals surface area (Å²) in [5, 5.41) is 12.1. The Morgan fingerprint density at radius 3 is 2.53 bits per heavy atom. The van der Waals surface area contributed by atoms with Crippen LogP contribution in [0.1, 0.15) is 46.0 Å². The van der Waals surface area contributed by atoms with Crippen LogP contribution in [-0.2, 0) is 4.79 Å². The predicted octanol–water partition coefficient (Wildman–Crippen LogP) is 3.00. The third kappa shape index (κ3) is 3.60. The third-order valence-electron chi connectivity index (χ3n) is 7.18. The molecule has 1 amide bonds. The Balaban J connectivity index is 1.59. The first-order chi connectivity index (χ1) is 14.3. The van der Waals surface area contributed by atoms with Gasteiger partial charge in [0.25, 0.3) is 0 Å². The second kappa shape index (κ2) is 7.50. The maximum Gasteiger partial charge on any atom is 0.223 e. The van der Waals surface area contributed by atoms with Gasteiger partial charge < -0.3 is 15.2 Å². The Labute approximate surface area is 177 Å². The molecule has 5 rings (SSSR count). The van der Waals surface area contributed by atoms with E-state index < -0.39 is 5.60 Å². The number of amides is 1. The number of nitrogens with one attached hydrogen (secondary N) is 1. The minimum Gasteiger partial charge on any atom is -0.497 e. The number of nitrogens with zero attached hydrogens (tertiary/aromatic N) is 2. The Kier molecular flexibility index (Phi) is 5.13. The summed E-state index contributed by atoms with van der Waals surface area (Å²) in [7, 11) is 1.61. The number of carbonyl (C=O) groups excluding carboxylic acids is 1. The van der Waals surface area contributed by atoms with Crippen LogP contribution < -0.4 is 20.5 Å². The van der Waals surface area contributed by atoms with Gasteiger partial charge in [0, 0.05) is 11.5 Å². The summed E-state index contributed by atoms with van der Waals surface area (Å²) < 4.78 is 11.5. The van der Waals surface area contributed by atoms with Gasteiger partial charge in [-0.1, -0.05) is 6.07 Å². The Morgan fingerprint density at radius 1 is 1.27 bits per heavy atom. The second-order valence-corrected chi connectivity index (χ2v) is 9.61. The van der Waals surface area contributed by atoms with Gasteiger partial charge in [0.2, 0.25) is 5.91 Å². The van der Waals surface area contributed by atoms with Gasteiger partial charge in [-0.2, -0.15) is 5.26 Å². The maximum atomic E-state index is 12.2. The molecule has 2 atom stereocenters. The van der Waals surface area contributed by atoms with Crippen LogP contribution in [0.25, 0.3) is 0 Å². The molecule has 7 nitrogen and oxygen atoms in total. The zero-order chi connectivity index (χ0) is 21.5. The first-order valence-electron chi connectivity index (χ1n) is 10.6. The minimum absolute atomic E-state index is 0.0815. The number of nitriles is 1. The SMILES string of the molecule is COc1cccc(OC(C)(C)C(=NC2C3CC4CC2CC(C(N)=O)(C4)C3)NC#N)c1. The summed E-state index contributed by atoms with van der Waals surface area (Å²) in [4.78, 5) is 17.2. The lowest BCUT2D eigenvalue weighted by atomic mass is 9.48. The number of primary amides is 1. The summed E-state index contributed by atoms with van der Waals surface area (Å²) in [5.74, 6) is 2.92. The summed E-state index contributed by atoms with van der Waals surface area (Å²) in [5.41, 5.74) is 4.62. The van der Waals surface area contributed by atoms with E-state index in [2.05, 4.69) is 5.32 Å². The summed E-state index contributed by atoms with van der Waals surface area (Å²) in [6.07, 6.45) is 6.72. The Morgan fingerprint density at radius 2 is 1.93 bits per heavy atom. The van der Waals surface area contributed by atoms with Crippen LogP contribution in [0.5, 0.6) is 11.5 Å².